The highest BCUT2D eigenvalue weighted by molar-refractivity contribution is 6.34. The average molecular weight is 380 g/mol. The number of phenols is 1. The molecule has 6 nitrogen and oxygen atoms in total. The van der Waals surface area contributed by atoms with Gasteiger partial charge in [-0.05, 0) is 35.9 Å². The molecule has 0 saturated heterocycles. The lowest BCUT2D eigenvalue weighted by Gasteiger charge is -2.18. The number of benzene rings is 2. The number of hydrogen-bond acceptors (Lipinski definition) is 5. The SMILES string of the molecule is COc1cc(/C=C2/C(=O)N(c3ccccc3)N=C2C(C)(C)C)cc(OC)c1O. The highest BCUT2D eigenvalue weighted by Crippen LogP contribution is 2.39. The molecule has 0 bridgehead atoms. The molecule has 1 N–H and O–H groups in total. The van der Waals surface area contributed by atoms with Crippen LogP contribution in [0.4, 0.5) is 5.69 Å². The molecule has 0 aliphatic carbocycles. The fraction of sp³-hybridized carbons (Fsp3) is 0.273. The van der Waals surface area contributed by atoms with E-state index >= 15 is 0 Å². The molecule has 3 rings (SSSR count). The maximum Gasteiger partial charge on any atom is 0.280 e. The van der Waals surface area contributed by atoms with Gasteiger partial charge in [0.15, 0.2) is 11.5 Å². The van der Waals surface area contributed by atoms with Crippen LogP contribution in [0.25, 0.3) is 6.08 Å². The number of para-hydroxylation sites is 1. The maximum absolute atomic E-state index is 13.2. The van der Waals surface area contributed by atoms with E-state index in [1.165, 1.54) is 19.2 Å². The van der Waals surface area contributed by atoms with Gasteiger partial charge in [-0.15, -0.1) is 0 Å². The van der Waals surface area contributed by atoms with Crippen molar-refractivity contribution in [2.45, 2.75) is 20.8 Å². The van der Waals surface area contributed by atoms with Crippen LogP contribution in [-0.2, 0) is 4.79 Å². The number of methoxy groups -OCH3 is 2. The summed E-state index contributed by atoms with van der Waals surface area (Å²) < 4.78 is 10.4. The Balaban J connectivity index is 2.12. The van der Waals surface area contributed by atoms with Gasteiger partial charge >= 0.3 is 0 Å². The first-order chi connectivity index (χ1) is 13.3. The molecule has 146 valence electrons. The van der Waals surface area contributed by atoms with Gasteiger partial charge in [0.2, 0.25) is 5.75 Å². The van der Waals surface area contributed by atoms with Crippen LogP contribution < -0.4 is 14.5 Å². The summed E-state index contributed by atoms with van der Waals surface area (Å²) in [5, 5.41) is 16.2. The molecule has 0 unspecified atom stereocenters. The number of phenolic OH excluding ortho intramolecular Hbond substituents is 1. The van der Waals surface area contributed by atoms with Gasteiger partial charge in [-0.2, -0.15) is 10.1 Å². The fourth-order valence-corrected chi connectivity index (χ4v) is 3.01. The Kier molecular flexibility index (Phi) is 5.14. The van der Waals surface area contributed by atoms with Crippen molar-refractivity contribution in [2.75, 3.05) is 19.2 Å². The molecule has 28 heavy (non-hydrogen) atoms. The van der Waals surface area contributed by atoms with Crippen LogP contribution in [0.3, 0.4) is 0 Å². The van der Waals surface area contributed by atoms with Crippen LogP contribution in [0.1, 0.15) is 26.3 Å². The predicted molar refractivity (Wildman–Crippen MR) is 110 cm³/mol. The van der Waals surface area contributed by atoms with Crippen LogP contribution in [0.5, 0.6) is 17.2 Å². The quantitative estimate of drug-likeness (QED) is 0.806. The Morgan fingerprint density at radius 3 is 2.11 bits per heavy atom. The molecule has 1 aliphatic heterocycles. The van der Waals surface area contributed by atoms with Crippen LogP contribution in [0.15, 0.2) is 53.1 Å². The second kappa shape index (κ2) is 7.38. The highest BCUT2D eigenvalue weighted by Gasteiger charge is 2.37. The van der Waals surface area contributed by atoms with Crippen molar-refractivity contribution in [2.24, 2.45) is 10.5 Å². The second-order valence-electron chi connectivity index (χ2n) is 7.48. The van der Waals surface area contributed by atoms with E-state index in [-0.39, 0.29) is 28.6 Å². The Morgan fingerprint density at radius 2 is 1.61 bits per heavy atom. The number of carbonyl (C=O) groups excluding carboxylic acids is 1. The topological polar surface area (TPSA) is 71.4 Å². The number of hydrazone groups is 1. The third kappa shape index (κ3) is 3.58. The van der Waals surface area contributed by atoms with Gasteiger partial charge in [-0.1, -0.05) is 39.0 Å². The third-order valence-corrected chi connectivity index (χ3v) is 4.40. The Hall–Kier alpha value is -3.28. The van der Waals surface area contributed by atoms with E-state index in [0.717, 1.165) is 0 Å². The number of anilines is 1. The van der Waals surface area contributed by atoms with Crippen LogP contribution in [0, 0.1) is 5.41 Å². The molecule has 0 aromatic heterocycles. The zero-order chi connectivity index (χ0) is 20.5. The Morgan fingerprint density at radius 1 is 1.04 bits per heavy atom. The molecule has 1 amide bonds. The van der Waals surface area contributed by atoms with Gasteiger partial charge in [-0.25, -0.2) is 0 Å². The van der Waals surface area contributed by atoms with Crippen molar-refractivity contribution in [3.05, 3.63) is 53.6 Å². The molecule has 0 atom stereocenters. The molecule has 2 aromatic carbocycles. The first kappa shape index (κ1) is 19.5. The van der Waals surface area contributed by atoms with Crippen molar-refractivity contribution in [1.29, 1.82) is 0 Å². The number of amides is 1. The molecule has 0 fully saturated rings. The number of hydrogen-bond donors (Lipinski definition) is 1. The van der Waals surface area contributed by atoms with Crippen molar-refractivity contribution >= 4 is 23.4 Å². The minimum Gasteiger partial charge on any atom is -0.502 e. The highest BCUT2D eigenvalue weighted by atomic mass is 16.5. The third-order valence-electron chi connectivity index (χ3n) is 4.40. The van der Waals surface area contributed by atoms with Gasteiger partial charge in [0, 0.05) is 5.41 Å². The van der Waals surface area contributed by atoms with Crippen LogP contribution >= 0.6 is 0 Å². The monoisotopic (exact) mass is 380 g/mol. The lowest BCUT2D eigenvalue weighted by atomic mass is 9.85. The number of nitrogens with zero attached hydrogens (tertiary/aromatic N) is 2. The van der Waals surface area contributed by atoms with Crippen LogP contribution in [-0.4, -0.2) is 30.9 Å². The smallest absolute Gasteiger partial charge is 0.280 e. The molecular weight excluding hydrogens is 356 g/mol. The number of rotatable bonds is 4. The summed E-state index contributed by atoms with van der Waals surface area (Å²) in [5.74, 6) is 0.249. The van der Waals surface area contributed by atoms with Crippen molar-refractivity contribution in [3.63, 3.8) is 0 Å². The molecule has 1 heterocycles. The molecular formula is C22H24N2O4. The number of carbonyl (C=O) groups is 1. The van der Waals surface area contributed by atoms with Crippen molar-refractivity contribution < 1.29 is 19.4 Å². The van der Waals surface area contributed by atoms with E-state index in [4.69, 9.17) is 9.47 Å². The molecule has 6 heteroatoms. The normalized spacial score (nSPS) is 15.8. The number of aromatic hydroxyl groups is 1. The van der Waals surface area contributed by atoms with E-state index < -0.39 is 0 Å². The van der Waals surface area contributed by atoms with Crippen molar-refractivity contribution in [3.8, 4) is 17.2 Å². The molecule has 1 aliphatic rings. The molecule has 0 radical (unpaired) electrons. The fourth-order valence-electron chi connectivity index (χ4n) is 3.01. The summed E-state index contributed by atoms with van der Waals surface area (Å²) in [4.78, 5) is 13.2. The summed E-state index contributed by atoms with van der Waals surface area (Å²) in [6.07, 6.45) is 1.75. The largest absolute Gasteiger partial charge is 0.502 e. The maximum atomic E-state index is 13.2. The minimum atomic E-state index is -0.337. The van der Waals surface area contributed by atoms with E-state index in [0.29, 0.717) is 22.5 Å². The zero-order valence-electron chi connectivity index (χ0n) is 16.7. The first-order valence-electron chi connectivity index (χ1n) is 8.92. The minimum absolute atomic E-state index is 0.0828. The standard InChI is InChI=1S/C22H24N2O4/c1-22(2,3)20-16(21(26)24(23-20)15-9-7-6-8-10-15)11-14-12-17(27-4)19(25)18(13-14)28-5/h6-13,25H,1-5H3/b16-11+. The second-order valence-corrected chi connectivity index (χ2v) is 7.48. The van der Waals surface area contributed by atoms with Gasteiger partial charge in [0.25, 0.3) is 5.91 Å². The van der Waals surface area contributed by atoms with Gasteiger partial charge in [0.05, 0.1) is 31.2 Å². The zero-order valence-corrected chi connectivity index (χ0v) is 16.7. The molecule has 2 aromatic rings. The van der Waals surface area contributed by atoms with Gasteiger partial charge in [0.1, 0.15) is 0 Å². The van der Waals surface area contributed by atoms with E-state index in [1.54, 1.807) is 18.2 Å². The summed E-state index contributed by atoms with van der Waals surface area (Å²) in [6.45, 7) is 6.04. The lowest BCUT2D eigenvalue weighted by Crippen LogP contribution is -2.24. The van der Waals surface area contributed by atoms with E-state index in [9.17, 15) is 9.90 Å². The Labute approximate surface area is 164 Å². The molecule has 0 saturated carbocycles. The summed E-state index contributed by atoms with van der Waals surface area (Å²) >= 11 is 0. The van der Waals surface area contributed by atoms with Crippen molar-refractivity contribution in [1.82, 2.24) is 0 Å². The molecule has 0 spiro atoms. The summed E-state index contributed by atoms with van der Waals surface area (Å²) in [5.41, 5.74) is 2.22. The summed E-state index contributed by atoms with van der Waals surface area (Å²) in [6, 6.07) is 12.6. The van der Waals surface area contributed by atoms with Gasteiger partial charge < -0.3 is 14.6 Å². The average Bonchev–Trinajstić information content (AvgIpc) is 3.00. The number of ether oxygens (including phenoxy) is 2. The van der Waals surface area contributed by atoms with Gasteiger partial charge in [-0.3, -0.25) is 4.79 Å². The summed E-state index contributed by atoms with van der Waals surface area (Å²) in [7, 11) is 2.93. The van der Waals surface area contributed by atoms with E-state index in [2.05, 4.69) is 5.10 Å². The van der Waals surface area contributed by atoms with Crippen LogP contribution in [0.2, 0.25) is 0 Å². The van der Waals surface area contributed by atoms with E-state index in [1.807, 2.05) is 51.1 Å². The Bertz CT molecular complexity index is 931. The lowest BCUT2D eigenvalue weighted by molar-refractivity contribution is -0.114. The predicted octanol–water partition coefficient (Wildman–Crippen LogP) is 4.24. The first-order valence-corrected chi connectivity index (χ1v) is 8.92.